The van der Waals surface area contributed by atoms with Gasteiger partial charge in [-0.2, -0.15) is 0 Å². The molecule has 24 heavy (non-hydrogen) atoms. The Morgan fingerprint density at radius 3 is 2.46 bits per heavy atom. The first-order valence-electron chi connectivity index (χ1n) is 7.57. The SMILES string of the molecule is COc1ccc(Cl)cc1CNC(=O)CNC(C)c1ccc(Cl)cc1. The highest BCUT2D eigenvalue weighted by Crippen LogP contribution is 2.22. The van der Waals surface area contributed by atoms with Crippen molar-refractivity contribution in [2.75, 3.05) is 13.7 Å². The first-order valence-corrected chi connectivity index (χ1v) is 8.33. The molecule has 128 valence electrons. The number of nitrogens with one attached hydrogen (secondary N) is 2. The minimum atomic E-state index is -0.0992. The number of carbonyl (C=O) groups is 1. The third-order valence-corrected chi connectivity index (χ3v) is 4.14. The van der Waals surface area contributed by atoms with E-state index in [1.807, 2.05) is 31.2 Å². The van der Waals surface area contributed by atoms with Gasteiger partial charge in [0.25, 0.3) is 0 Å². The molecule has 1 atom stereocenters. The van der Waals surface area contributed by atoms with Crippen LogP contribution < -0.4 is 15.4 Å². The lowest BCUT2D eigenvalue weighted by atomic mass is 10.1. The van der Waals surface area contributed by atoms with Crippen LogP contribution in [0.5, 0.6) is 5.75 Å². The number of rotatable bonds is 7. The average molecular weight is 367 g/mol. The Kier molecular flexibility index (Phi) is 6.91. The van der Waals surface area contributed by atoms with Gasteiger partial charge < -0.3 is 15.4 Å². The number of benzene rings is 2. The molecule has 4 nitrogen and oxygen atoms in total. The second-order valence-corrected chi connectivity index (χ2v) is 6.26. The van der Waals surface area contributed by atoms with Gasteiger partial charge in [0.05, 0.1) is 13.7 Å². The smallest absolute Gasteiger partial charge is 0.234 e. The quantitative estimate of drug-likeness (QED) is 0.779. The Morgan fingerprint density at radius 2 is 1.79 bits per heavy atom. The number of hydrogen-bond acceptors (Lipinski definition) is 3. The predicted octanol–water partition coefficient (Wildman–Crippen LogP) is 3.97. The average Bonchev–Trinajstić information content (AvgIpc) is 2.58. The Bertz CT molecular complexity index is 690. The molecule has 0 aliphatic rings. The van der Waals surface area contributed by atoms with Crippen LogP contribution in [0.25, 0.3) is 0 Å². The molecular weight excluding hydrogens is 347 g/mol. The van der Waals surface area contributed by atoms with Gasteiger partial charge in [0.2, 0.25) is 5.91 Å². The lowest BCUT2D eigenvalue weighted by Crippen LogP contribution is -2.34. The fraction of sp³-hybridized carbons (Fsp3) is 0.278. The molecule has 2 N–H and O–H groups in total. The van der Waals surface area contributed by atoms with Crippen LogP contribution in [0.2, 0.25) is 10.0 Å². The summed E-state index contributed by atoms with van der Waals surface area (Å²) >= 11 is 11.9. The maximum absolute atomic E-state index is 12.0. The van der Waals surface area contributed by atoms with Crippen LogP contribution in [0.15, 0.2) is 42.5 Å². The zero-order valence-corrected chi connectivity index (χ0v) is 15.1. The Labute approximate surface area is 152 Å². The van der Waals surface area contributed by atoms with Gasteiger partial charge in [-0.1, -0.05) is 35.3 Å². The van der Waals surface area contributed by atoms with Gasteiger partial charge >= 0.3 is 0 Å². The zero-order chi connectivity index (χ0) is 17.5. The summed E-state index contributed by atoms with van der Waals surface area (Å²) in [5, 5.41) is 7.34. The Hall–Kier alpha value is -1.75. The van der Waals surface area contributed by atoms with Crippen molar-refractivity contribution in [3.8, 4) is 5.75 Å². The first-order chi connectivity index (χ1) is 11.5. The molecule has 1 amide bonds. The lowest BCUT2D eigenvalue weighted by Gasteiger charge is -2.15. The van der Waals surface area contributed by atoms with Crippen molar-refractivity contribution in [2.24, 2.45) is 0 Å². The van der Waals surface area contributed by atoms with Gasteiger partial charge in [-0.05, 0) is 42.8 Å². The van der Waals surface area contributed by atoms with Crippen molar-refractivity contribution in [1.82, 2.24) is 10.6 Å². The molecule has 1 unspecified atom stereocenters. The summed E-state index contributed by atoms with van der Waals surface area (Å²) in [4.78, 5) is 12.0. The van der Waals surface area contributed by atoms with Crippen molar-refractivity contribution >= 4 is 29.1 Å². The molecule has 0 aromatic heterocycles. The van der Waals surface area contributed by atoms with E-state index >= 15 is 0 Å². The van der Waals surface area contributed by atoms with Gasteiger partial charge in [-0.3, -0.25) is 4.79 Å². The largest absolute Gasteiger partial charge is 0.496 e. The third kappa shape index (κ3) is 5.41. The predicted molar refractivity (Wildman–Crippen MR) is 97.7 cm³/mol. The van der Waals surface area contributed by atoms with E-state index in [0.29, 0.717) is 22.3 Å². The van der Waals surface area contributed by atoms with Crippen molar-refractivity contribution < 1.29 is 9.53 Å². The van der Waals surface area contributed by atoms with Gasteiger partial charge in [0, 0.05) is 28.2 Å². The van der Waals surface area contributed by atoms with Crippen LogP contribution in [0.1, 0.15) is 24.1 Å². The Balaban J connectivity index is 1.83. The van der Waals surface area contributed by atoms with Crippen LogP contribution in [-0.2, 0) is 11.3 Å². The van der Waals surface area contributed by atoms with E-state index in [4.69, 9.17) is 27.9 Å². The highest BCUT2D eigenvalue weighted by atomic mass is 35.5. The topological polar surface area (TPSA) is 50.4 Å². The number of carbonyl (C=O) groups excluding carboxylic acids is 1. The summed E-state index contributed by atoms with van der Waals surface area (Å²) < 4.78 is 5.26. The van der Waals surface area contributed by atoms with E-state index < -0.39 is 0 Å². The second kappa shape index (κ2) is 8.92. The highest BCUT2D eigenvalue weighted by molar-refractivity contribution is 6.30. The van der Waals surface area contributed by atoms with Crippen molar-refractivity contribution in [2.45, 2.75) is 19.5 Å². The van der Waals surface area contributed by atoms with E-state index in [9.17, 15) is 4.79 Å². The van der Waals surface area contributed by atoms with Crippen LogP contribution in [0, 0.1) is 0 Å². The molecule has 6 heteroatoms. The van der Waals surface area contributed by atoms with Crippen LogP contribution in [0.4, 0.5) is 0 Å². The number of halogens is 2. The first kappa shape index (κ1) is 18.6. The van der Waals surface area contributed by atoms with Gasteiger partial charge in [0.1, 0.15) is 5.75 Å². The fourth-order valence-electron chi connectivity index (χ4n) is 2.26. The van der Waals surface area contributed by atoms with Crippen LogP contribution in [0.3, 0.4) is 0 Å². The minimum Gasteiger partial charge on any atom is -0.496 e. The van der Waals surface area contributed by atoms with E-state index in [-0.39, 0.29) is 18.5 Å². The number of methoxy groups -OCH3 is 1. The highest BCUT2D eigenvalue weighted by Gasteiger charge is 2.09. The fourth-order valence-corrected chi connectivity index (χ4v) is 2.58. The molecule has 0 aliphatic carbocycles. The molecule has 0 radical (unpaired) electrons. The molecule has 0 saturated heterocycles. The van der Waals surface area contributed by atoms with E-state index in [1.54, 1.807) is 25.3 Å². The molecule has 2 aromatic rings. The van der Waals surface area contributed by atoms with Crippen molar-refractivity contribution in [3.63, 3.8) is 0 Å². The van der Waals surface area contributed by atoms with Gasteiger partial charge in [0.15, 0.2) is 0 Å². The molecule has 2 rings (SSSR count). The summed E-state index contributed by atoms with van der Waals surface area (Å²) in [6.45, 7) is 2.57. The molecule has 0 heterocycles. The van der Waals surface area contributed by atoms with Crippen molar-refractivity contribution in [1.29, 1.82) is 0 Å². The number of hydrogen-bond donors (Lipinski definition) is 2. The van der Waals surface area contributed by atoms with Gasteiger partial charge in [-0.25, -0.2) is 0 Å². The molecule has 0 bridgehead atoms. The van der Waals surface area contributed by atoms with E-state index in [1.165, 1.54) is 0 Å². The summed E-state index contributed by atoms with van der Waals surface area (Å²) in [6, 6.07) is 12.9. The summed E-state index contributed by atoms with van der Waals surface area (Å²) in [5.41, 5.74) is 1.91. The number of ether oxygens (including phenoxy) is 1. The third-order valence-electron chi connectivity index (χ3n) is 3.66. The zero-order valence-electron chi connectivity index (χ0n) is 13.6. The van der Waals surface area contributed by atoms with Gasteiger partial charge in [-0.15, -0.1) is 0 Å². The molecule has 2 aromatic carbocycles. The van der Waals surface area contributed by atoms with E-state index in [2.05, 4.69) is 10.6 Å². The lowest BCUT2D eigenvalue weighted by molar-refractivity contribution is -0.120. The number of amides is 1. The normalized spacial score (nSPS) is 11.8. The maximum Gasteiger partial charge on any atom is 0.234 e. The Morgan fingerprint density at radius 1 is 1.12 bits per heavy atom. The standard InChI is InChI=1S/C18H20Cl2N2O2/c1-12(13-3-5-15(19)6-4-13)21-11-18(23)22-10-14-9-16(20)7-8-17(14)24-2/h3-9,12,21H,10-11H2,1-2H3,(H,22,23). The molecule has 0 aliphatic heterocycles. The van der Waals surface area contributed by atoms with Crippen LogP contribution >= 0.6 is 23.2 Å². The molecule has 0 fully saturated rings. The molecular formula is C18H20Cl2N2O2. The maximum atomic E-state index is 12.0. The summed E-state index contributed by atoms with van der Waals surface area (Å²) in [6.07, 6.45) is 0. The van der Waals surface area contributed by atoms with E-state index in [0.717, 1.165) is 11.1 Å². The summed E-state index contributed by atoms with van der Waals surface area (Å²) in [5.74, 6) is 0.597. The molecule has 0 saturated carbocycles. The van der Waals surface area contributed by atoms with Crippen LogP contribution in [-0.4, -0.2) is 19.6 Å². The minimum absolute atomic E-state index is 0.0497. The molecule has 0 spiro atoms. The second-order valence-electron chi connectivity index (χ2n) is 5.39. The van der Waals surface area contributed by atoms with Crippen molar-refractivity contribution in [3.05, 3.63) is 63.6 Å². The summed E-state index contributed by atoms with van der Waals surface area (Å²) in [7, 11) is 1.59. The monoisotopic (exact) mass is 366 g/mol.